The normalized spacial score (nSPS) is 11.8. The van der Waals surface area contributed by atoms with Gasteiger partial charge in [-0.15, -0.1) is 0 Å². The predicted molar refractivity (Wildman–Crippen MR) is 270 cm³/mol. The molecule has 0 unspecified atom stereocenters. The molecule has 0 amide bonds. The van der Waals surface area contributed by atoms with E-state index in [2.05, 4.69) is 246 Å². The summed E-state index contributed by atoms with van der Waals surface area (Å²) in [6.45, 7) is 0. The Morgan fingerprint density at radius 3 is 1.44 bits per heavy atom. The minimum atomic E-state index is 0.914. The molecule has 0 bridgehead atoms. The van der Waals surface area contributed by atoms with E-state index < -0.39 is 0 Å². The Hall–Kier alpha value is -8.53. The van der Waals surface area contributed by atoms with E-state index in [0.29, 0.717) is 0 Å². The van der Waals surface area contributed by atoms with Gasteiger partial charge in [-0.2, -0.15) is 0 Å². The molecule has 0 aliphatic rings. The van der Waals surface area contributed by atoms with Gasteiger partial charge in [0.1, 0.15) is 0 Å². The second-order valence-corrected chi connectivity index (χ2v) is 16.7. The summed E-state index contributed by atoms with van der Waals surface area (Å²) in [5.41, 5.74) is 15.5. The van der Waals surface area contributed by atoms with Crippen molar-refractivity contribution in [3.05, 3.63) is 237 Å². The quantitative estimate of drug-likeness (QED) is 0.153. The van der Waals surface area contributed by atoms with Gasteiger partial charge in [-0.25, -0.2) is 4.98 Å². The minimum Gasteiger partial charge on any atom is -0.309 e. The summed E-state index contributed by atoms with van der Waals surface area (Å²) in [4.78, 5) is 5.63. The summed E-state index contributed by atoms with van der Waals surface area (Å²) in [5.74, 6) is 0. The lowest BCUT2D eigenvalue weighted by Gasteiger charge is -2.17. The number of hydrogen-bond acceptors (Lipinski definition) is 1. The maximum absolute atomic E-state index is 5.63. The number of rotatable bonds is 6. The predicted octanol–water partition coefficient (Wildman–Crippen LogP) is 16.3. The highest BCUT2D eigenvalue weighted by atomic mass is 15.0. The van der Waals surface area contributed by atoms with Crippen LogP contribution in [0, 0.1) is 0 Å². The van der Waals surface area contributed by atoms with Crippen LogP contribution in [0.4, 0.5) is 0 Å². The van der Waals surface area contributed by atoms with Gasteiger partial charge >= 0.3 is 0 Å². The molecule has 10 aromatic carbocycles. The Labute approximate surface area is 370 Å². The number of benzene rings is 10. The third kappa shape index (κ3) is 5.79. The van der Waals surface area contributed by atoms with Crippen molar-refractivity contribution in [1.29, 1.82) is 0 Å². The molecule has 298 valence electrons. The van der Waals surface area contributed by atoms with E-state index in [1.807, 2.05) is 0 Å². The summed E-state index contributed by atoms with van der Waals surface area (Å²) in [6, 6.07) is 85.9. The minimum absolute atomic E-state index is 0.914. The summed E-state index contributed by atoms with van der Waals surface area (Å²) in [5, 5.41) is 9.82. The second kappa shape index (κ2) is 14.5. The Bertz CT molecular complexity index is 3900. The van der Waals surface area contributed by atoms with Crippen LogP contribution in [-0.4, -0.2) is 14.1 Å². The number of pyridine rings is 1. The average molecular weight is 814 g/mol. The topological polar surface area (TPSA) is 22.8 Å². The summed E-state index contributed by atoms with van der Waals surface area (Å²) < 4.78 is 4.80. The van der Waals surface area contributed by atoms with Crippen molar-refractivity contribution in [3.8, 4) is 56.1 Å². The van der Waals surface area contributed by atoms with Gasteiger partial charge in [-0.1, -0.05) is 158 Å². The van der Waals surface area contributed by atoms with Gasteiger partial charge in [0.25, 0.3) is 0 Å². The van der Waals surface area contributed by atoms with Crippen molar-refractivity contribution in [2.24, 2.45) is 0 Å². The van der Waals surface area contributed by atoms with E-state index in [4.69, 9.17) is 4.98 Å². The van der Waals surface area contributed by atoms with Crippen LogP contribution in [0.2, 0.25) is 0 Å². The van der Waals surface area contributed by atoms with Gasteiger partial charge in [0.2, 0.25) is 0 Å². The molecule has 13 aromatic rings. The van der Waals surface area contributed by atoms with Gasteiger partial charge in [-0.05, 0) is 123 Å². The smallest absolute Gasteiger partial charge is 0.0716 e. The number of fused-ring (bicyclic) bond motifs is 9. The van der Waals surface area contributed by atoms with Crippen LogP contribution in [0.5, 0.6) is 0 Å². The van der Waals surface area contributed by atoms with Gasteiger partial charge in [-0.3, -0.25) is 0 Å². The maximum atomic E-state index is 5.63. The summed E-state index contributed by atoms with van der Waals surface area (Å²) in [7, 11) is 0. The number of aromatic nitrogens is 3. The van der Waals surface area contributed by atoms with Gasteiger partial charge in [0.05, 0.1) is 33.5 Å². The fraction of sp³-hybridized carbons (Fsp3) is 0. The Balaban J connectivity index is 1.09. The Kier molecular flexibility index (Phi) is 8.22. The lowest BCUT2D eigenvalue weighted by molar-refractivity contribution is 1.18. The molecule has 3 heteroatoms. The van der Waals surface area contributed by atoms with Crippen LogP contribution in [-0.2, 0) is 0 Å². The van der Waals surface area contributed by atoms with Crippen molar-refractivity contribution >= 4 is 65.2 Å². The highest BCUT2D eigenvalue weighted by molar-refractivity contribution is 6.15. The van der Waals surface area contributed by atoms with Gasteiger partial charge < -0.3 is 9.13 Å². The first-order valence-electron chi connectivity index (χ1n) is 21.9. The molecule has 13 rings (SSSR count). The van der Waals surface area contributed by atoms with Crippen molar-refractivity contribution in [1.82, 2.24) is 14.1 Å². The number of hydrogen-bond donors (Lipinski definition) is 0. The van der Waals surface area contributed by atoms with E-state index >= 15 is 0 Å². The standard InChI is InChI=1S/C61H39N3/c1-3-17-40(18-4-1)43-38-56(42-31-32-61-55(37-42)53-27-13-16-30-60(53)63(61)46-20-5-2-6-21-46)62-57(39-43)45-33-44(54-36-41-19-7-8-22-48(41)49-23-9-10-24-50(49)54)34-47(35-45)64-58-28-14-11-25-51(58)52-26-12-15-29-59(52)64/h1-39H. The Morgan fingerprint density at radius 1 is 0.250 bits per heavy atom. The molecule has 0 atom stereocenters. The molecule has 3 heterocycles. The third-order valence-corrected chi connectivity index (χ3v) is 13.0. The number of nitrogens with zero attached hydrogens (tertiary/aromatic N) is 3. The van der Waals surface area contributed by atoms with Crippen molar-refractivity contribution in [2.75, 3.05) is 0 Å². The van der Waals surface area contributed by atoms with Crippen molar-refractivity contribution in [3.63, 3.8) is 0 Å². The fourth-order valence-electron chi connectivity index (χ4n) is 10.1. The average Bonchev–Trinajstić information content (AvgIpc) is 3.89. The van der Waals surface area contributed by atoms with E-state index in [-0.39, 0.29) is 0 Å². The molecule has 3 nitrogen and oxygen atoms in total. The van der Waals surface area contributed by atoms with Crippen molar-refractivity contribution in [2.45, 2.75) is 0 Å². The van der Waals surface area contributed by atoms with Crippen LogP contribution in [0.1, 0.15) is 0 Å². The molecular formula is C61H39N3. The second-order valence-electron chi connectivity index (χ2n) is 16.7. The summed E-state index contributed by atoms with van der Waals surface area (Å²) >= 11 is 0. The van der Waals surface area contributed by atoms with Crippen LogP contribution < -0.4 is 0 Å². The zero-order valence-electron chi connectivity index (χ0n) is 34.9. The van der Waals surface area contributed by atoms with Crippen LogP contribution in [0.3, 0.4) is 0 Å². The fourth-order valence-corrected chi connectivity index (χ4v) is 10.1. The van der Waals surface area contributed by atoms with Gasteiger partial charge in [0.15, 0.2) is 0 Å². The molecule has 3 aromatic heterocycles. The van der Waals surface area contributed by atoms with E-state index in [0.717, 1.165) is 50.6 Å². The Morgan fingerprint density at radius 2 is 0.750 bits per heavy atom. The first-order chi connectivity index (χ1) is 31.7. The monoisotopic (exact) mass is 813 g/mol. The van der Waals surface area contributed by atoms with Crippen LogP contribution in [0.15, 0.2) is 237 Å². The molecule has 0 N–H and O–H groups in total. The molecule has 64 heavy (non-hydrogen) atoms. The molecule has 0 saturated carbocycles. The van der Waals surface area contributed by atoms with E-state index in [1.54, 1.807) is 0 Å². The zero-order valence-corrected chi connectivity index (χ0v) is 34.9. The summed E-state index contributed by atoms with van der Waals surface area (Å²) in [6.07, 6.45) is 0. The highest BCUT2D eigenvalue weighted by Gasteiger charge is 2.19. The van der Waals surface area contributed by atoms with E-state index in [1.165, 1.54) is 70.7 Å². The molecule has 0 saturated heterocycles. The zero-order chi connectivity index (χ0) is 42.1. The largest absolute Gasteiger partial charge is 0.309 e. The first-order valence-corrected chi connectivity index (χ1v) is 21.9. The van der Waals surface area contributed by atoms with E-state index in [9.17, 15) is 0 Å². The van der Waals surface area contributed by atoms with Crippen LogP contribution in [0.25, 0.3) is 121 Å². The third-order valence-electron chi connectivity index (χ3n) is 13.0. The molecular weight excluding hydrogens is 775 g/mol. The number of para-hydroxylation sites is 4. The van der Waals surface area contributed by atoms with Crippen LogP contribution >= 0.6 is 0 Å². The maximum Gasteiger partial charge on any atom is 0.0716 e. The lowest BCUT2D eigenvalue weighted by atomic mass is 9.91. The van der Waals surface area contributed by atoms with Crippen molar-refractivity contribution < 1.29 is 0 Å². The molecule has 0 aliphatic carbocycles. The molecule has 0 radical (unpaired) electrons. The first kappa shape index (κ1) is 36.2. The molecule has 0 fully saturated rings. The molecule has 0 aliphatic heterocycles. The SMILES string of the molecule is c1ccc(-c2cc(-c3cc(-c4cc5ccccc5c5ccccc45)cc(-n4c5ccccc5c5ccccc54)c3)nc(-c3ccc4c(c3)c3ccccc3n4-c3ccccc3)c2)cc1. The highest BCUT2D eigenvalue weighted by Crippen LogP contribution is 2.42. The lowest BCUT2D eigenvalue weighted by Crippen LogP contribution is -1.98. The molecule has 0 spiro atoms. The van der Waals surface area contributed by atoms with Gasteiger partial charge in [0, 0.05) is 44.0 Å².